The number of hydrogen-bond acceptors (Lipinski definition) is 6. The Morgan fingerprint density at radius 3 is 1.53 bits per heavy atom. The molecule has 0 amide bonds. The van der Waals surface area contributed by atoms with E-state index in [4.69, 9.17) is 23.2 Å². The quantitative estimate of drug-likeness (QED) is 0.487. The van der Waals surface area contributed by atoms with E-state index in [1.807, 2.05) is 12.1 Å². The summed E-state index contributed by atoms with van der Waals surface area (Å²) in [7, 11) is 0. The summed E-state index contributed by atoms with van der Waals surface area (Å²) in [5.74, 6) is -0.247. The minimum atomic E-state index is -0.444. The molecule has 0 saturated heterocycles. The normalized spacial score (nSPS) is 10.8. The fourth-order valence-electron chi connectivity index (χ4n) is 3.17. The molecule has 0 aliphatic rings. The minimum Gasteiger partial charge on any atom is -0.282 e. The van der Waals surface area contributed by atoms with Crippen molar-refractivity contribution >= 4 is 45.0 Å². The van der Waals surface area contributed by atoms with Gasteiger partial charge in [-0.3, -0.25) is 18.7 Å². The van der Waals surface area contributed by atoms with Gasteiger partial charge in [0.15, 0.2) is 0 Å². The van der Waals surface area contributed by atoms with Gasteiger partial charge in [-0.1, -0.05) is 23.2 Å². The molecule has 0 spiro atoms. The number of nitriles is 2. The molecule has 4 aromatic rings. The van der Waals surface area contributed by atoms with Gasteiger partial charge >= 0.3 is 0 Å². The first-order valence-electron chi connectivity index (χ1n) is 8.63. The largest absolute Gasteiger partial charge is 0.282 e. The van der Waals surface area contributed by atoms with Gasteiger partial charge in [-0.25, -0.2) is 9.97 Å². The van der Waals surface area contributed by atoms with Crippen LogP contribution in [0.2, 0.25) is 10.0 Å². The van der Waals surface area contributed by atoms with Crippen molar-refractivity contribution in [2.75, 3.05) is 0 Å². The molecule has 146 valence electrons. The van der Waals surface area contributed by atoms with Crippen molar-refractivity contribution in [1.29, 1.82) is 10.5 Å². The number of nitrogens with zero attached hydrogens (tertiary/aromatic N) is 6. The highest BCUT2D eigenvalue weighted by atomic mass is 35.5. The summed E-state index contributed by atoms with van der Waals surface area (Å²) < 4.78 is 2.33. The maximum Gasteiger partial charge on any atom is 0.262 e. The number of halogens is 2. The van der Waals surface area contributed by atoms with E-state index >= 15 is 0 Å². The Morgan fingerprint density at radius 2 is 1.17 bits per heavy atom. The molecule has 0 aliphatic carbocycles. The Hall–Kier alpha value is -3.72. The van der Waals surface area contributed by atoms with Crippen LogP contribution in [0.5, 0.6) is 0 Å². The lowest BCUT2D eigenvalue weighted by atomic mass is 10.2. The van der Waals surface area contributed by atoms with Crippen LogP contribution in [-0.2, 0) is 13.1 Å². The Labute approximate surface area is 178 Å². The lowest BCUT2D eigenvalue weighted by Gasteiger charge is -2.12. The molecule has 0 atom stereocenters. The molecule has 0 radical (unpaired) electrons. The smallest absolute Gasteiger partial charge is 0.262 e. The van der Waals surface area contributed by atoms with Gasteiger partial charge in [0.1, 0.15) is 12.1 Å². The van der Waals surface area contributed by atoms with Crippen molar-refractivity contribution in [3.05, 3.63) is 78.8 Å². The van der Waals surface area contributed by atoms with E-state index in [0.29, 0.717) is 21.1 Å². The number of aromatic nitrogens is 4. The maximum absolute atomic E-state index is 12.9. The lowest BCUT2D eigenvalue weighted by Crippen LogP contribution is -2.31. The fourth-order valence-corrected chi connectivity index (χ4v) is 3.51. The summed E-state index contributed by atoms with van der Waals surface area (Å²) in [4.78, 5) is 34.1. The van der Waals surface area contributed by atoms with Gasteiger partial charge in [-0.2, -0.15) is 10.5 Å². The van der Waals surface area contributed by atoms with Crippen LogP contribution >= 0.6 is 23.2 Å². The molecule has 10 heteroatoms. The average Bonchev–Trinajstić information content (AvgIpc) is 2.73. The minimum absolute atomic E-state index is 0.0529. The molecule has 0 saturated carbocycles. The number of rotatable bonds is 3. The topological polar surface area (TPSA) is 117 Å². The van der Waals surface area contributed by atoms with E-state index in [0.717, 1.165) is 9.13 Å². The highest BCUT2D eigenvalue weighted by Crippen LogP contribution is 2.17. The second-order valence-electron chi connectivity index (χ2n) is 6.33. The molecule has 0 unspecified atom stereocenters. The summed E-state index contributed by atoms with van der Waals surface area (Å²) in [6.45, 7) is -0.106. The fraction of sp³-hybridized carbons (Fsp3) is 0.100. The number of benzene rings is 2. The first-order valence-corrected chi connectivity index (χ1v) is 9.39. The predicted molar refractivity (Wildman–Crippen MR) is 111 cm³/mol. The van der Waals surface area contributed by atoms with Crippen molar-refractivity contribution in [1.82, 2.24) is 19.1 Å². The van der Waals surface area contributed by atoms with Crippen LogP contribution in [0.1, 0.15) is 11.6 Å². The highest BCUT2D eigenvalue weighted by Gasteiger charge is 2.15. The van der Waals surface area contributed by atoms with Crippen LogP contribution in [0.3, 0.4) is 0 Å². The third-order valence-corrected chi connectivity index (χ3v) is 5.05. The number of hydrogen-bond donors (Lipinski definition) is 0. The maximum atomic E-state index is 12.9. The van der Waals surface area contributed by atoms with Crippen LogP contribution in [0.4, 0.5) is 0 Å². The van der Waals surface area contributed by atoms with Gasteiger partial charge in [0.25, 0.3) is 11.1 Å². The van der Waals surface area contributed by atoms with Crippen LogP contribution in [0, 0.1) is 22.7 Å². The summed E-state index contributed by atoms with van der Waals surface area (Å²) in [5, 5.41) is 20.2. The summed E-state index contributed by atoms with van der Waals surface area (Å²) in [5.41, 5.74) is -0.278. The van der Waals surface area contributed by atoms with Gasteiger partial charge in [0, 0.05) is 23.1 Å². The Morgan fingerprint density at radius 1 is 0.767 bits per heavy atom. The van der Waals surface area contributed by atoms with E-state index in [-0.39, 0.29) is 35.5 Å². The molecule has 8 nitrogen and oxygen atoms in total. The zero-order chi connectivity index (χ0) is 21.4. The van der Waals surface area contributed by atoms with E-state index < -0.39 is 11.1 Å². The van der Waals surface area contributed by atoms with E-state index in [1.165, 1.54) is 24.3 Å². The first kappa shape index (κ1) is 19.6. The second-order valence-corrected chi connectivity index (χ2v) is 7.20. The Kier molecular flexibility index (Phi) is 4.96. The van der Waals surface area contributed by atoms with E-state index in [2.05, 4.69) is 9.97 Å². The molecule has 0 fully saturated rings. The molecular weight excluding hydrogens is 427 g/mol. The molecular formula is C20H10Cl2N6O2. The van der Waals surface area contributed by atoms with Gasteiger partial charge < -0.3 is 0 Å². The third-order valence-electron chi connectivity index (χ3n) is 4.58. The Balaban J connectivity index is 1.83. The third kappa shape index (κ3) is 3.29. The van der Waals surface area contributed by atoms with Crippen molar-refractivity contribution in [3.8, 4) is 12.1 Å². The van der Waals surface area contributed by atoms with E-state index in [9.17, 15) is 20.1 Å². The molecule has 4 rings (SSSR count). The zero-order valence-corrected chi connectivity index (χ0v) is 16.6. The summed E-state index contributed by atoms with van der Waals surface area (Å²) in [6, 6.07) is 12.9. The monoisotopic (exact) mass is 436 g/mol. The molecule has 2 aromatic carbocycles. The van der Waals surface area contributed by atoms with Crippen molar-refractivity contribution < 1.29 is 0 Å². The standard InChI is InChI=1S/C20H10Cl2N6O2/c21-11-1-3-13-15(7-11)25-17(9-23)27(19(13)29)5-6-28-18(10-24)26-16-8-12(22)2-4-14(16)20(28)30/h1-4,7-8H,5-6H2. The van der Waals surface area contributed by atoms with Crippen LogP contribution < -0.4 is 11.1 Å². The number of fused-ring (bicyclic) bond motifs is 2. The van der Waals surface area contributed by atoms with Gasteiger partial charge in [0.2, 0.25) is 11.6 Å². The predicted octanol–water partition coefficient (Wildman–Crippen LogP) is 2.86. The summed E-state index contributed by atoms with van der Waals surface area (Å²) in [6.07, 6.45) is 0. The molecule has 2 heterocycles. The molecule has 0 aliphatic heterocycles. The SMILES string of the molecule is N#Cc1nc2cc(Cl)ccc2c(=O)n1CCn1c(C#N)nc2cc(Cl)ccc2c1=O. The molecule has 30 heavy (non-hydrogen) atoms. The highest BCUT2D eigenvalue weighted by molar-refractivity contribution is 6.31. The zero-order valence-electron chi connectivity index (χ0n) is 15.1. The van der Waals surface area contributed by atoms with Crippen LogP contribution in [0.25, 0.3) is 21.8 Å². The van der Waals surface area contributed by atoms with Crippen molar-refractivity contribution in [2.24, 2.45) is 0 Å². The van der Waals surface area contributed by atoms with Crippen LogP contribution in [0.15, 0.2) is 46.0 Å². The lowest BCUT2D eigenvalue weighted by molar-refractivity contribution is 0.538. The molecule has 0 bridgehead atoms. The average molecular weight is 437 g/mol. The first-order chi connectivity index (χ1) is 14.4. The summed E-state index contributed by atoms with van der Waals surface area (Å²) >= 11 is 11.9. The van der Waals surface area contributed by atoms with Crippen LogP contribution in [-0.4, -0.2) is 19.1 Å². The van der Waals surface area contributed by atoms with Gasteiger partial charge in [-0.15, -0.1) is 0 Å². The Bertz CT molecular complexity index is 1430. The van der Waals surface area contributed by atoms with Crippen molar-refractivity contribution in [3.63, 3.8) is 0 Å². The van der Waals surface area contributed by atoms with Gasteiger partial charge in [-0.05, 0) is 36.4 Å². The molecule has 2 aromatic heterocycles. The van der Waals surface area contributed by atoms with Gasteiger partial charge in [0.05, 0.1) is 21.8 Å². The molecule has 0 N–H and O–H groups in total. The van der Waals surface area contributed by atoms with Crippen molar-refractivity contribution in [2.45, 2.75) is 13.1 Å². The van der Waals surface area contributed by atoms with E-state index in [1.54, 1.807) is 12.1 Å². The second kappa shape index (κ2) is 7.60.